The molecule has 2 bridgehead atoms. The molecule has 0 radical (unpaired) electrons. The van der Waals surface area contributed by atoms with Crippen LogP contribution >= 0.6 is 0 Å². The number of carboxylic acid groups (broad SMARTS) is 1. The molecule has 2 aliphatic rings. The lowest BCUT2D eigenvalue weighted by atomic mass is 9.89. The molecule has 2 rings (SSSR count). The maximum absolute atomic E-state index is 13.8. The van der Waals surface area contributed by atoms with E-state index in [0.717, 1.165) is 19.3 Å². The van der Waals surface area contributed by atoms with E-state index in [1.54, 1.807) is 32.7 Å². The lowest BCUT2D eigenvalue weighted by molar-refractivity contribution is -0.161. The van der Waals surface area contributed by atoms with Crippen molar-refractivity contribution in [2.45, 2.75) is 116 Å². The number of esters is 1. The number of likely N-dealkylation sites (tertiary alicyclic amines) is 1. The Balaban J connectivity index is 2.24. The van der Waals surface area contributed by atoms with Gasteiger partial charge in [0.25, 0.3) is 0 Å². The van der Waals surface area contributed by atoms with E-state index in [0.29, 0.717) is 6.42 Å². The van der Waals surface area contributed by atoms with Crippen molar-refractivity contribution in [3.05, 3.63) is 0 Å². The van der Waals surface area contributed by atoms with Crippen LogP contribution in [0.2, 0.25) is 0 Å². The summed E-state index contributed by atoms with van der Waals surface area (Å²) in [5.41, 5.74) is -0.639. The Morgan fingerprint density at radius 1 is 1.14 bits per heavy atom. The fourth-order valence-corrected chi connectivity index (χ4v) is 5.85. The third-order valence-electron chi connectivity index (χ3n) is 7.80. The van der Waals surface area contributed by atoms with Crippen LogP contribution in [0.3, 0.4) is 0 Å². The first-order valence-electron chi connectivity index (χ1n) is 13.5. The minimum atomic E-state index is -1.10. The number of hydrogen-bond acceptors (Lipinski definition) is 6. The Kier molecular flexibility index (Phi) is 10.4. The fourth-order valence-electron chi connectivity index (χ4n) is 5.85. The zero-order valence-corrected chi connectivity index (χ0v) is 23.9. The molecule has 0 aromatic carbocycles. The number of ether oxygens (including phenoxy) is 2. The molecule has 1 aliphatic carbocycles. The molecular formula is C27H47N3O7. The number of carbonyl (C=O) groups is 4. The molecule has 212 valence electrons. The number of carbonyl (C=O) groups excluding carboxylic acids is 3. The molecule has 2 N–H and O–H groups in total. The zero-order valence-electron chi connectivity index (χ0n) is 23.9. The third kappa shape index (κ3) is 7.36. The molecule has 1 aliphatic heterocycles. The standard InChI is InChI=1S/C27H47N3O7/c1-10-16(4)22(19(36-9)14-20(31)37-27(5,6)7)29(8)25(33)21(15(2)3)28-24(32)23-17-11-12-18(13-17)30(23)26(34)35/h15-19,21-23H,10-14H2,1-9H3,(H,28,32)(H,34,35)/t16-,17-,18+,19+,21?,22-,23-/m0/s1. The summed E-state index contributed by atoms with van der Waals surface area (Å²) in [6, 6.07) is -2.21. The summed E-state index contributed by atoms with van der Waals surface area (Å²) in [5.74, 6) is -1.40. The van der Waals surface area contributed by atoms with Gasteiger partial charge in [-0.05, 0) is 57.8 Å². The van der Waals surface area contributed by atoms with E-state index >= 15 is 0 Å². The average Bonchev–Trinajstić information content (AvgIpc) is 3.41. The number of hydrogen-bond donors (Lipinski definition) is 2. The second-order valence-corrected chi connectivity index (χ2v) is 12.0. The first-order valence-corrected chi connectivity index (χ1v) is 13.5. The molecule has 37 heavy (non-hydrogen) atoms. The predicted octanol–water partition coefficient (Wildman–Crippen LogP) is 3.28. The highest BCUT2D eigenvalue weighted by molar-refractivity contribution is 5.92. The highest BCUT2D eigenvalue weighted by atomic mass is 16.6. The van der Waals surface area contributed by atoms with E-state index in [4.69, 9.17) is 9.47 Å². The van der Waals surface area contributed by atoms with Crippen molar-refractivity contribution >= 4 is 23.9 Å². The lowest BCUT2D eigenvalue weighted by Crippen LogP contribution is -2.60. The maximum Gasteiger partial charge on any atom is 0.408 e. The van der Waals surface area contributed by atoms with Crippen LogP contribution in [0.25, 0.3) is 0 Å². The van der Waals surface area contributed by atoms with Crippen molar-refractivity contribution in [3.63, 3.8) is 0 Å². The third-order valence-corrected chi connectivity index (χ3v) is 7.80. The largest absolute Gasteiger partial charge is 0.465 e. The number of amides is 3. The fraction of sp³-hybridized carbons (Fsp3) is 0.852. The van der Waals surface area contributed by atoms with Gasteiger partial charge in [-0.1, -0.05) is 34.1 Å². The summed E-state index contributed by atoms with van der Waals surface area (Å²) >= 11 is 0. The highest BCUT2D eigenvalue weighted by Crippen LogP contribution is 2.42. The molecule has 1 saturated carbocycles. The van der Waals surface area contributed by atoms with E-state index in [1.165, 1.54) is 12.0 Å². The molecule has 1 saturated heterocycles. The van der Waals surface area contributed by atoms with E-state index in [-0.39, 0.29) is 36.1 Å². The molecule has 1 unspecified atom stereocenters. The van der Waals surface area contributed by atoms with Crippen LogP contribution in [0.15, 0.2) is 0 Å². The van der Waals surface area contributed by atoms with Gasteiger partial charge >= 0.3 is 12.1 Å². The molecule has 1 heterocycles. The Bertz CT molecular complexity index is 840. The summed E-state index contributed by atoms with van der Waals surface area (Å²) in [7, 11) is 3.18. The van der Waals surface area contributed by atoms with E-state index < -0.39 is 47.8 Å². The van der Waals surface area contributed by atoms with Crippen LogP contribution in [-0.2, 0) is 23.9 Å². The summed E-state index contributed by atoms with van der Waals surface area (Å²) in [5, 5.41) is 12.6. The Morgan fingerprint density at radius 2 is 1.76 bits per heavy atom. The number of rotatable bonds is 11. The zero-order chi connectivity index (χ0) is 28.2. The Labute approximate surface area is 221 Å². The second-order valence-electron chi connectivity index (χ2n) is 12.0. The van der Waals surface area contributed by atoms with E-state index in [9.17, 15) is 24.3 Å². The van der Waals surface area contributed by atoms with Crippen LogP contribution in [0, 0.1) is 17.8 Å². The van der Waals surface area contributed by atoms with Crippen molar-refractivity contribution in [1.29, 1.82) is 0 Å². The monoisotopic (exact) mass is 525 g/mol. The van der Waals surface area contributed by atoms with Gasteiger partial charge in [0.2, 0.25) is 11.8 Å². The Morgan fingerprint density at radius 3 is 2.24 bits per heavy atom. The van der Waals surface area contributed by atoms with Crippen LogP contribution < -0.4 is 5.32 Å². The van der Waals surface area contributed by atoms with Crippen molar-refractivity contribution in [1.82, 2.24) is 15.1 Å². The molecule has 2 fully saturated rings. The van der Waals surface area contributed by atoms with Gasteiger partial charge in [-0.2, -0.15) is 0 Å². The smallest absolute Gasteiger partial charge is 0.408 e. The molecule has 10 nitrogen and oxygen atoms in total. The summed E-state index contributed by atoms with van der Waals surface area (Å²) in [6.07, 6.45) is 1.28. The van der Waals surface area contributed by atoms with Gasteiger partial charge in [-0.15, -0.1) is 0 Å². The molecule has 0 aromatic rings. The van der Waals surface area contributed by atoms with Gasteiger partial charge in [0.15, 0.2) is 0 Å². The average molecular weight is 526 g/mol. The first kappa shape index (κ1) is 30.9. The van der Waals surface area contributed by atoms with Crippen molar-refractivity contribution in [3.8, 4) is 0 Å². The van der Waals surface area contributed by atoms with E-state index in [2.05, 4.69) is 5.32 Å². The Hall–Kier alpha value is -2.36. The first-order chi connectivity index (χ1) is 17.1. The maximum atomic E-state index is 13.8. The second kappa shape index (κ2) is 12.5. The van der Waals surface area contributed by atoms with E-state index in [1.807, 2.05) is 27.7 Å². The quantitative estimate of drug-likeness (QED) is 0.397. The number of nitrogens with zero attached hydrogens (tertiary/aromatic N) is 2. The topological polar surface area (TPSA) is 125 Å². The molecule has 0 spiro atoms. The summed E-state index contributed by atoms with van der Waals surface area (Å²) in [6.45, 7) is 13.1. The minimum absolute atomic E-state index is 0.00193. The van der Waals surface area contributed by atoms with Crippen LogP contribution in [0.1, 0.15) is 80.6 Å². The van der Waals surface area contributed by atoms with Gasteiger partial charge in [0, 0.05) is 20.2 Å². The molecular weight excluding hydrogens is 478 g/mol. The highest BCUT2D eigenvalue weighted by Gasteiger charge is 2.52. The minimum Gasteiger partial charge on any atom is -0.465 e. The van der Waals surface area contributed by atoms with Crippen LogP contribution in [0.4, 0.5) is 4.79 Å². The summed E-state index contributed by atoms with van der Waals surface area (Å²) in [4.78, 5) is 54.5. The lowest BCUT2D eigenvalue weighted by Gasteiger charge is -2.40. The predicted molar refractivity (Wildman–Crippen MR) is 139 cm³/mol. The SMILES string of the molecule is CC[C@H](C)[C@@H]([C@@H](CC(=O)OC(C)(C)C)OC)N(C)C(=O)C(NC(=O)[C@@H]1[C@H]2CC[C@H](C2)N1C(=O)O)C(C)C. The van der Waals surface area contributed by atoms with Gasteiger partial charge in [0.1, 0.15) is 17.7 Å². The van der Waals surface area contributed by atoms with Gasteiger partial charge in [0.05, 0.1) is 18.6 Å². The number of methoxy groups -OCH3 is 1. The van der Waals surface area contributed by atoms with Gasteiger partial charge in [-0.25, -0.2) is 4.79 Å². The van der Waals surface area contributed by atoms with Crippen molar-refractivity contribution < 1.29 is 33.8 Å². The van der Waals surface area contributed by atoms with Crippen LogP contribution in [-0.4, -0.2) is 88.8 Å². The number of likely N-dealkylation sites (N-methyl/N-ethyl adjacent to an activating group) is 1. The molecule has 7 atom stereocenters. The molecule has 3 amide bonds. The van der Waals surface area contributed by atoms with Crippen molar-refractivity contribution in [2.75, 3.05) is 14.2 Å². The normalized spacial score (nSPS) is 24.4. The summed E-state index contributed by atoms with van der Waals surface area (Å²) < 4.78 is 11.2. The van der Waals surface area contributed by atoms with Crippen LogP contribution in [0.5, 0.6) is 0 Å². The number of piperidine rings is 1. The number of nitrogens with one attached hydrogen (secondary N) is 1. The van der Waals surface area contributed by atoms with Crippen molar-refractivity contribution in [2.24, 2.45) is 17.8 Å². The van der Waals surface area contributed by atoms with Gasteiger partial charge < -0.3 is 24.8 Å². The van der Waals surface area contributed by atoms with Gasteiger partial charge in [-0.3, -0.25) is 19.3 Å². The molecule has 10 heteroatoms. The molecule has 0 aromatic heterocycles. The number of fused-ring (bicyclic) bond motifs is 2.